The lowest BCUT2D eigenvalue weighted by Gasteiger charge is -2.20. The maximum atomic E-state index is 12.9. The molecule has 0 radical (unpaired) electrons. The lowest BCUT2D eigenvalue weighted by Crippen LogP contribution is -2.35. The molecular weight excluding hydrogens is 410 g/mol. The van der Waals surface area contributed by atoms with Crippen molar-refractivity contribution in [3.8, 4) is 0 Å². The highest BCUT2D eigenvalue weighted by atomic mass is 35.5. The van der Waals surface area contributed by atoms with Crippen molar-refractivity contribution in [2.45, 2.75) is 4.90 Å². The second-order valence-electron chi connectivity index (χ2n) is 6.37. The van der Waals surface area contributed by atoms with Crippen LogP contribution in [-0.2, 0) is 4.79 Å². The molecule has 0 bridgehead atoms. The number of hydrogen-bond acceptors (Lipinski definition) is 5. The summed E-state index contributed by atoms with van der Waals surface area (Å²) in [7, 11) is 4.01. The Hall–Kier alpha value is -1.86. The Bertz CT molecular complexity index is 941. The van der Waals surface area contributed by atoms with Crippen LogP contribution in [0.15, 0.2) is 59.5 Å². The number of fused-ring (bicyclic) bond motifs is 1. The van der Waals surface area contributed by atoms with Gasteiger partial charge in [-0.3, -0.25) is 9.69 Å². The van der Waals surface area contributed by atoms with Gasteiger partial charge in [0.15, 0.2) is 5.13 Å². The zero-order valence-electron chi connectivity index (χ0n) is 16.2. The van der Waals surface area contributed by atoms with Crippen molar-refractivity contribution in [1.29, 1.82) is 0 Å². The number of hydrogen-bond donors (Lipinski definition) is 0. The molecule has 0 N–H and O–H groups in total. The molecule has 28 heavy (non-hydrogen) atoms. The van der Waals surface area contributed by atoms with Gasteiger partial charge in [0.25, 0.3) is 5.91 Å². The fraction of sp³-hybridized carbons (Fsp3) is 0.238. The van der Waals surface area contributed by atoms with Crippen molar-refractivity contribution >= 4 is 62.8 Å². The van der Waals surface area contributed by atoms with E-state index in [9.17, 15) is 4.79 Å². The Balaban J connectivity index is 0.00000280. The van der Waals surface area contributed by atoms with E-state index in [4.69, 9.17) is 4.98 Å². The number of benzene rings is 2. The molecule has 0 aliphatic carbocycles. The highest BCUT2D eigenvalue weighted by molar-refractivity contribution is 7.98. The minimum absolute atomic E-state index is 0. The van der Waals surface area contributed by atoms with Crippen LogP contribution in [0.25, 0.3) is 16.3 Å². The highest BCUT2D eigenvalue weighted by Gasteiger charge is 2.18. The molecule has 3 rings (SSSR count). The number of thiazole rings is 1. The quantitative estimate of drug-likeness (QED) is 0.386. The molecule has 0 spiro atoms. The van der Waals surface area contributed by atoms with E-state index in [-0.39, 0.29) is 18.3 Å². The van der Waals surface area contributed by atoms with Gasteiger partial charge in [0, 0.05) is 24.1 Å². The third-order valence-corrected chi connectivity index (χ3v) is 5.84. The number of carbonyl (C=O) groups is 1. The van der Waals surface area contributed by atoms with E-state index in [0.29, 0.717) is 6.54 Å². The number of aromatic nitrogens is 1. The summed E-state index contributed by atoms with van der Waals surface area (Å²) in [6.45, 7) is 1.37. The van der Waals surface area contributed by atoms with Gasteiger partial charge in [0.2, 0.25) is 0 Å². The van der Waals surface area contributed by atoms with Crippen LogP contribution in [0, 0.1) is 0 Å². The molecule has 1 aromatic heterocycles. The minimum atomic E-state index is -0.0511. The predicted molar refractivity (Wildman–Crippen MR) is 125 cm³/mol. The van der Waals surface area contributed by atoms with Crippen molar-refractivity contribution in [3.05, 3.63) is 60.2 Å². The summed E-state index contributed by atoms with van der Waals surface area (Å²) >= 11 is 3.27. The summed E-state index contributed by atoms with van der Waals surface area (Å²) in [6.07, 6.45) is 5.54. The third-order valence-electron chi connectivity index (χ3n) is 4.07. The van der Waals surface area contributed by atoms with Crippen molar-refractivity contribution in [3.63, 3.8) is 0 Å². The van der Waals surface area contributed by atoms with E-state index >= 15 is 0 Å². The summed E-state index contributed by atoms with van der Waals surface area (Å²) in [5.74, 6) is -0.0511. The van der Waals surface area contributed by atoms with Crippen LogP contribution in [0.5, 0.6) is 0 Å². The Morgan fingerprint density at radius 1 is 1.14 bits per heavy atom. The van der Waals surface area contributed by atoms with Crippen LogP contribution in [0.3, 0.4) is 0 Å². The fourth-order valence-electron chi connectivity index (χ4n) is 2.56. The largest absolute Gasteiger partial charge is 0.308 e. The van der Waals surface area contributed by atoms with Gasteiger partial charge < -0.3 is 4.90 Å². The first-order chi connectivity index (χ1) is 13.1. The second-order valence-corrected chi connectivity index (χ2v) is 8.26. The summed E-state index contributed by atoms with van der Waals surface area (Å²) < 4.78 is 1.10. The third kappa shape index (κ3) is 5.82. The van der Waals surface area contributed by atoms with Crippen LogP contribution in [0.1, 0.15) is 5.56 Å². The SMILES string of the molecule is CSc1ccc2nc(N(CCN(C)C)C(=O)C=Cc3ccccc3)sc2c1.Cl. The fourth-order valence-corrected chi connectivity index (χ4v) is 4.11. The Labute approximate surface area is 180 Å². The summed E-state index contributed by atoms with van der Waals surface area (Å²) in [5.41, 5.74) is 1.94. The van der Waals surface area contributed by atoms with Crippen molar-refractivity contribution in [2.24, 2.45) is 0 Å². The number of nitrogens with zero attached hydrogens (tertiary/aromatic N) is 3. The summed E-state index contributed by atoms with van der Waals surface area (Å²) in [6, 6.07) is 16.1. The molecule has 0 fully saturated rings. The van der Waals surface area contributed by atoms with E-state index in [1.165, 1.54) is 4.90 Å². The number of likely N-dealkylation sites (N-methyl/N-ethyl adjacent to an activating group) is 1. The van der Waals surface area contributed by atoms with Crippen LogP contribution >= 0.6 is 35.5 Å². The molecule has 2 aromatic carbocycles. The van der Waals surface area contributed by atoms with Gasteiger partial charge in [-0.1, -0.05) is 41.7 Å². The molecule has 1 amide bonds. The smallest absolute Gasteiger partial charge is 0.252 e. The zero-order chi connectivity index (χ0) is 19.2. The second kappa shape index (κ2) is 10.6. The first-order valence-corrected chi connectivity index (χ1v) is 10.7. The van der Waals surface area contributed by atoms with E-state index in [1.807, 2.05) is 56.6 Å². The Morgan fingerprint density at radius 3 is 2.57 bits per heavy atom. The van der Waals surface area contributed by atoms with Gasteiger partial charge in [-0.05, 0) is 50.2 Å². The molecule has 4 nitrogen and oxygen atoms in total. The average Bonchev–Trinajstić information content (AvgIpc) is 3.09. The van der Waals surface area contributed by atoms with Gasteiger partial charge in [-0.2, -0.15) is 0 Å². The highest BCUT2D eigenvalue weighted by Crippen LogP contribution is 2.31. The van der Waals surface area contributed by atoms with E-state index in [0.717, 1.165) is 27.5 Å². The Kier molecular flexibility index (Phi) is 8.51. The van der Waals surface area contributed by atoms with Crippen molar-refractivity contribution in [2.75, 3.05) is 38.3 Å². The topological polar surface area (TPSA) is 36.4 Å². The van der Waals surface area contributed by atoms with Crippen molar-refractivity contribution < 1.29 is 4.79 Å². The van der Waals surface area contributed by atoms with Crippen LogP contribution in [0.4, 0.5) is 5.13 Å². The standard InChI is InChI=1S/C21H23N3OS2.ClH/c1-23(2)13-14-24(20(25)12-9-16-7-5-4-6-8-16)21-22-18-11-10-17(26-3)15-19(18)27-21;/h4-12,15H,13-14H2,1-3H3;1H. The number of halogens is 1. The molecule has 0 unspecified atom stereocenters. The van der Waals surface area contributed by atoms with Crippen molar-refractivity contribution in [1.82, 2.24) is 9.88 Å². The zero-order valence-corrected chi connectivity index (χ0v) is 18.6. The van der Waals surface area contributed by atoms with E-state index in [2.05, 4.69) is 23.3 Å². The molecule has 1 heterocycles. The van der Waals surface area contributed by atoms with Gasteiger partial charge in [-0.15, -0.1) is 24.2 Å². The molecule has 148 valence electrons. The maximum Gasteiger partial charge on any atom is 0.252 e. The van der Waals surface area contributed by atoms with Gasteiger partial charge >= 0.3 is 0 Å². The normalized spacial score (nSPS) is 11.1. The molecular formula is C21H24ClN3OS2. The van der Waals surface area contributed by atoms with Crippen LogP contribution in [0.2, 0.25) is 0 Å². The number of carbonyl (C=O) groups excluding carboxylic acids is 1. The number of anilines is 1. The van der Waals surface area contributed by atoms with E-state index < -0.39 is 0 Å². The van der Waals surface area contributed by atoms with Gasteiger partial charge in [-0.25, -0.2) is 4.98 Å². The molecule has 0 saturated carbocycles. The van der Waals surface area contributed by atoms with Gasteiger partial charge in [0.1, 0.15) is 0 Å². The summed E-state index contributed by atoms with van der Waals surface area (Å²) in [4.78, 5) is 22.7. The molecule has 0 aliphatic rings. The number of rotatable bonds is 7. The Morgan fingerprint density at radius 2 is 1.89 bits per heavy atom. The van der Waals surface area contributed by atoms with Crippen LogP contribution in [-0.4, -0.2) is 49.2 Å². The molecule has 7 heteroatoms. The lowest BCUT2D eigenvalue weighted by atomic mass is 10.2. The molecule has 0 atom stereocenters. The lowest BCUT2D eigenvalue weighted by molar-refractivity contribution is -0.114. The minimum Gasteiger partial charge on any atom is -0.308 e. The predicted octanol–water partition coefficient (Wildman–Crippen LogP) is 5.05. The average molecular weight is 434 g/mol. The monoisotopic (exact) mass is 433 g/mol. The molecule has 3 aromatic rings. The first kappa shape index (κ1) is 22.4. The van der Waals surface area contributed by atoms with Crippen LogP contribution < -0.4 is 4.90 Å². The first-order valence-electron chi connectivity index (χ1n) is 8.71. The van der Waals surface area contributed by atoms with E-state index in [1.54, 1.807) is 34.1 Å². The summed E-state index contributed by atoms with van der Waals surface area (Å²) in [5, 5.41) is 0.743. The molecule has 0 saturated heterocycles. The number of thioether (sulfide) groups is 1. The maximum absolute atomic E-state index is 12.9. The molecule has 0 aliphatic heterocycles. The number of amides is 1. The van der Waals surface area contributed by atoms with Gasteiger partial charge in [0.05, 0.1) is 10.2 Å².